The van der Waals surface area contributed by atoms with Crippen LogP contribution in [-0.2, 0) is 4.79 Å². The van der Waals surface area contributed by atoms with Crippen LogP contribution in [0.5, 0.6) is 0 Å². The molecule has 21 heavy (non-hydrogen) atoms. The van der Waals surface area contributed by atoms with Crippen LogP contribution in [0.3, 0.4) is 0 Å². The Balaban J connectivity index is 1.55. The first-order valence-electron chi connectivity index (χ1n) is 9.02. The zero-order chi connectivity index (χ0) is 14.7. The molecule has 3 rings (SSSR count). The molecule has 1 amide bonds. The molecule has 3 atom stereocenters. The second-order valence-corrected chi connectivity index (χ2v) is 7.21. The Labute approximate surface area is 129 Å². The smallest absolute Gasteiger partial charge is 0.226 e. The maximum Gasteiger partial charge on any atom is 0.226 e. The monoisotopic (exact) mass is 293 g/mol. The van der Waals surface area contributed by atoms with E-state index in [1.807, 2.05) is 0 Å². The van der Waals surface area contributed by atoms with Crippen molar-refractivity contribution >= 4 is 5.91 Å². The van der Waals surface area contributed by atoms with E-state index < -0.39 is 0 Å². The number of hydrogen-bond donors (Lipinski definition) is 1. The quantitative estimate of drug-likeness (QED) is 0.864. The minimum Gasteiger partial charge on any atom is -0.341 e. The summed E-state index contributed by atoms with van der Waals surface area (Å²) in [7, 11) is 0. The molecule has 0 aromatic rings. The number of likely N-dealkylation sites (tertiary alicyclic amines) is 2. The third-order valence-electron chi connectivity index (χ3n) is 5.91. The Morgan fingerprint density at radius 3 is 2.48 bits per heavy atom. The number of carbonyl (C=O) groups is 1. The third kappa shape index (κ3) is 3.42. The van der Waals surface area contributed by atoms with Gasteiger partial charge in [0.05, 0.1) is 0 Å². The minimum atomic E-state index is 0.212. The van der Waals surface area contributed by atoms with E-state index >= 15 is 0 Å². The van der Waals surface area contributed by atoms with Crippen LogP contribution >= 0.6 is 0 Å². The van der Waals surface area contributed by atoms with Crippen molar-refractivity contribution in [3.63, 3.8) is 0 Å². The first kappa shape index (κ1) is 15.3. The van der Waals surface area contributed by atoms with Gasteiger partial charge in [-0.2, -0.15) is 0 Å². The van der Waals surface area contributed by atoms with E-state index in [1.165, 1.54) is 51.6 Å². The van der Waals surface area contributed by atoms with Gasteiger partial charge in [-0.05, 0) is 57.7 Å². The molecule has 1 saturated carbocycles. The van der Waals surface area contributed by atoms with Crippen LogP contribution in [0.15, 0.2) is 0 Å². The van der Waals surface area contributed by atoms with Gasteiger partial charge in [0.2, 0.25) is 5.91 Å². The van der Waals surface area contributed by atoms with E-state index in [4.69, 9.17) is 5.73 Å². The number of hydrogen-bond acceptors (Lipinski definition) is 3. The Hall–Kier alpha value is -0.610. The molecule has 0 radical (unpaired) electrons. The average Bonchev–Trinajstić information content (AvgIpc) is 3.05. The van der Waals surface area contributed by atoms with Crippen molar-refractivity contribution in [2.24, 2.45) is 17.6 Å². The van der Waals surface area contributed by atoms with Crippen LogP contribution in [0.4, 0.5) is 0 Å². The topological polar surface area (TPSA) is 49.6 Å². The van der Waals surface area contributed by atoms with Crippen LogP contribution in [-0.4, -0.2) is 54.5 Å². The molecule has 3 aliphatic rings. The normalized spacial score (nSPS) is 35.1. The van der Waals surface area contributed by atoms with Crippen molar-refractivity contribution in [3.8, 4) is 0 Å². The molecule has 1 aliphatic carbocycles. The van der Waals surface area contributed by atoms with E-state index in [1.54, 1.807) is 0 Å². The summed E-state index contributed by atoms with van der Waals surface area (Å²) in [6.45, 7) is 5.09. The van der Waals surface area contributed by atoms with Gasteiger partial charge in [0, 0.05) is 25.0 Å². The highest BCUT2D eigenvalue weighted by Gasteiger charge is 2.37. The van der Waals surface area contributed by atoms with Gasteiger partial charge in [-0.3, -0.25) is 9.69 Å². The van der Waals surface area contributed by atoms with E-state index in [0.717, 1.165) is 25.9 Å². The van der Waals surface area contributed by atoms with Crippen molar-refractivity contribution in [1.82, 2.24) is 9.80 Å². The van der Waals surface area contributed by atoms with E-state index in [-0.39, 0.29) is 5.92 Å². The summed E-state index contributed by atoms with van der Waals surface area (Å²) in [6.07, 6.45) is 9.89. The fourth-order valence-electron chi connectivity index (χ4n) is 4.57. The van der Waals surface area contributed by atoms with Crippen LogP contribution in [0, 0.1) is 11.8 Å². The van der Waals surface area contributed by atoms with E-state index in [2.05, 4.69) is 9.80 Å². The van der Waals surface area contributed by atoms with Crippen LogP contribution in [0.25, 0.3) is 0 Å². The summed E-state index contributed by atoms with van der Waals surface area (Å²) in [6, 6.07) is 0.620. The second-order valence-electron chi connectivity index (χ2n) is 7.21. The van der Waals surface area contributed by atoms with Crippen molar-refractivity contribution in [1.29, 1.82) is 0 Å². The van der Waals surface area contributed by atoms with E-state index in [9.17, 15) is 4.79 Å². The Bertz CT molecular complexity index is 354. The predicted octanol–water partition coefficient (Wildman–Crippen LogP) is 1.84. The van der Waals surface area contributed by atoms with Crippen LogP contribution < -0.4 is 5.73 Å². The fourth-order valence-corrected chi connectivity index (χ4v) is 4.57. The zero-order valence-electron chi connectivity index (χ0n) is 13.3. The minimum absolute atomic E-state index is 0.212. The Kier molecular flexibility index (Phi) is 5.17. The molecule has 2 saturated heterocycles. The first-order valence-corrected chi connectivity index (χ1v) is 9.02. The highest BCUT2D eigenvalue weighted by Crippen LogP contribution is 2.32. The summed E-state index contributed by atoms with van der Waals surface area (Å²) < 4.78 is 0. The average molecular weight is 293 g/mol. The largest absolute Gasteiger partial charge is 0.341 e. The SMILES string of the molecule is NCC1CCCCC1C(=O)N1CCC(N2CCCCC2)C1. The highest BCUT2D eigenvalue weighted by atomic mass is 16.2. The Morgan fingerprint density at radius 2 is 1.71 bits per heavy atom. The molecule has 0 bridgehead atoms. The molecular formula is C17H31N3O. The van der Waals surface area contributed by atoms with Gasteiger partial charge in [-0.15, -0.1) is 0 Å². The van der Waals surface area contributed by atoms with Crippen molar-refractivity contribution < 1.29 is 4.79 Å². The zero-order valence-corrected chi connectivity index (χ0v) is 13.3. The molecule has 2 N–H and O–H groups in total. The lowest BCUT2D eigenvalue weighted by Crippen LogP contribution is -2.44. The lowest BCUT2D eigenvalue weighted by atomic mass is 9.78. The van der Waals surface area contributed by atoms with E-state index in [0.29, 0.717) is 24.4 Å². The maximum atomic E-state index is 12.8. The number of piperidine rings is 1. The second kappa shape index (κ2) is 7.10. The van der Waals surface area contributed by atoms with Gasteiger partial charge in [0.1, 0.15) is 0 Å². The summed E-state index contributed by atoms with van der Waals surface area (Å²) in [5.74, 6) is 1.05. The number of nitrogens with two attached hydrogens (primary N) is 1. The summed E-state index contributed by atoms with van der Waals surface area (Å²) >= 11 is 0. The van der Waals surface area contributed by atoms with Crippen LogP contribution in [0.2, 0.25) is 0 Å². The molecule has 2 heterocycles. The lowest BCUT2D eigenvalue weighted by molar-refractivity contribution is -0.137. The molecule has 3 unspecified atom stereocenters. The van der Waals surface area contributed by atoms with Gasteiger partial charge >= 0.3 is 0 Å². The summed E-state index contributed by atoms with van der Waals surface area (Å²) in [5, 5.41) is 0. The predicted molar refractivity (Wildman–Crippen MR) is 84.9 cm³/mol. The molecule has 3 fully saturated rings. The van der Waals surface area contributed by atoms with Gasteiger partial charge in [-0.1, -0.05) is 19.3 Å². The third-order valence-corrected chi connectivity index (χ3v) is 5.91. The van der Waals surface area contributed by atoms with Gasteiger partial charge < -0.3 is 10.6 Å². The van der Waals surface area contributed by atoms with Gasteiger partial charge in [-0.25, -0.2) is 0 Å². The van der Waals surface area contributed by atoms with Gasteiger partial charge in [0.25, 0.3) is 0 Å². The first-order chi connectivity index (χ1) is 10.3. The number of nitrogens with zero attached hydrogens (tertiary/aromatic N) is 2. The molecule has 2 aliphatic heterocycles. The van der Waals surface area contributed by atoms with Crippen molar-refractivity contribution in [2.45, 2.75) is 57.4 Å². The van der Waals surface area contributed by atoms with Crippen molar-refractivity contribution in [3.05, 3.63) is 0 Å². The molecule has 0 aromatic heterocycles. The molecular weight excluding hydrogens is 262 g/mol. The number of amides is 1. The fraction of sp³-hybridized carbons (Fsp3) is 0.941. The standard InChI is InChI=1S/C17H31N3O/c18-12-14-6-2-3-7-16(14)17(21)20-11-8-15(13-20)19-9-4-1-5-10-19/h14-16H,1-13,18H2. The summed E-state index contributed by atoms with van der Waals surface area (Å²) in [4.78, 5) is 17.6. The highest BCUT2D eigenvalue weighted by molar-refractivity contribution is 5.79. The molecule has 0 aromatic carbocycles. The Morgan fingerprint density at radius 1 is 0.952 bits per heavy atom. The summed E-state index contributed by atoms with van der Waals surface area (Å²) in [5.41, 5.74) is 5.90. The number of rotatable bonds is 3. The lowest BCUT2D eigenvalue weighted by Gasteiger charge is -2.34. The number of carbonyl (C=O) groups excluding carboxylic acids is 1. The molecule has 0 spiro atoms. The molecule has 120 valence electrons. The van der Waals surface area contributed by atoms with Crippen LogP contribution in [0.1, 0.15) is 51.4 Å². The molecule has 4 nitrogen and oxygen atoms in total. The maximum absolute atomic E-state index is 12.8. The molecule has 4 heteroatoms. The van der Waals surface area contributed by atoms with Gasteiger partial charge in [0.15, 0.2) is 0 Å². The van der Waals surface area contributed by atoms with Crippen molar-refractivity contribution in [2.75, 3.05) is 32.7 Å².